The van der Waals surface area contributed by atoms with Crippen molar-refractivity contribution in [2.24, 2.45) is 0 Å². The molecule has 1 aliphatic rings. The lowest BCUT2D eigenvalue weighted by molar-refractivity contribution is -0.116. The number of nitrogens with zero attached hydrogens (tertiary/aromatic N) is 2. The Morgan fingerprint density at radius 2 is 1.78 bits per heavy atom. The van der Waals surface area contributed by atoms with Gasteiger partial charge in [-0.1, -0.05) is 6.92 Å². The van der Waals surface area contributed by atoms with E-state index in [9.17, 15) is 0 Å². The molecule has 9 heavy (non-hydrogen) atoms. The van der Waals surface area contributed by atoms with Crippen LogP contribution in [-0.4, -0.2) is 47.9 Å². The van der Waals surface area contributed by atoms with E-state index < -0.39 is 0 Å². The first-order valence-electron chi connectivity index (χ1n) is 3.49. The van der Waals surface area contributed by atoms with Crippen molar-refractivity contribution in [1.82, 2.24) is 9.96 Å². The Balaban J connectivity index is 2.18. The van der Waals surface area contributed by atoms with Crippen molar-refractivity contribution in [3.8, 4) is 0 Å². The molecule has 1 heterocycles. The first-order valence-corrected chi connectivity index (χ1v) is 3.49. The molecule has 0 unspecified atom stereocenters. The summed E-state index contributed by atoms with van der Waals surface area (Å²) < 4.78 is 0. The van der Waals surface area contributed by atoms with E-state index in [1.54, 1.807) is 0 Å². The Labute approximate surface area is 55.8 Å². The molecule has 1 fully saturated rings. The van der Waals surface area contributed by atoms with Crippen molar-refractivity contribution >= 4 is 0 Å². The molecule has 3 heteroatoms. The van der Waals surface area contributed by atoms with Crippen LogP contribution in [0, 0.1) is 0 Å². The lowest BCUT2D eigenvalue weighted by Gasteiger charge is -2.29. The van der Waals surface area contributed by atoms with Crippen LogP contribution < -0.4 is 0 Å². The van der Waals surface area contributed by atoms with Gasteiger partial charge in [0.2, 0.25) is 0 Å². The van der Waals surface area contributed by atoms with E-state index in [4.69, 9.17) is 5.21 Å². The molecule has 54 valence electrons. The maximum atomic E-state index is 8.93. The fraction of sp³-hybridized carbons (Fsp3) is 1.00. The lowest BCUT2D eigenvalue weighted by atomic mass is 10.4. The van der Waals surface area contributed by atoms with Crippen LogP contribution in [0.15, 0.2) is 0 Å². The highest BCUT2D eigenvalue weighted by atomic mass is 16.5. The molecule has 0 spiro atoms. The van der Waals surface area contributed by atoms with Gasteiger partial charge in [-0.15, -0.1) is 0 Å². The first kappa shape index (κ1) is 6.99. The van der Waals surface area contributed by atoms with Gasteiger partial charge >= 0.3 is 0 Å². The summed E-state index contributed by atoms with van der Waals surface area (Å²) >= 11 is 0. The van der Waals surface area contributed by atoms with Gasteiger partial charge in [0.15, 0.2) is 0 Å². The number of hydrogen-bond donors (Lipinski definition) is 1. The quantitative estimate of drug-likeness (QED) is 0.542. The fourth-order valence-corrected chi connectivity index (χ4v) is 1.05. The molecule has 0 saturated carbocycles. The Morgan fingerprint density at radius 1 is 1.22 bits per heavy atom. The SMILES string of the molecule is CCN1CCN(O)CC1. The molecule has 0 atom stereocenters. The Kier molecular flexibility index (Phi) is 2.45. The average Bonchev–Trinajstić information content (AvgIpc) is 1.90. The summed E-state index contributed by atoms with van der Waals surface area (Å²) in [4.78, 5) is 2.33. The third-order valence-electron chi connectivity index (χ3n) is 1.80. The van der Waals surface area contributed by atoms with Gasteiger partial charge in [-0.3, -0.25) is 0 Å². The van der Waals surface area contributed by atoms with E-state index in [-0.39, 0.29) is 0 Å². The molecule has 1 saturated heterocycles. The molecule has 1 rings (SSSR count). The van der Waals surface area contributed by atoms with Crippen LogP contribution in [0.5, 0.6) is 0 Å². The van der Waals surface area contributed by atoms with Gasteiger partial charge in [0.05, 0.1) is 0 Å². The lowest BCUT2D eigenvalue weighted by Crippen LogP contribution is -2.44. The molecule has 1 aliphatic heterocycles. The molecule has 0 amide bonds. The van der Waals surface area contributed by atoms with Crippen molar-refractivity contribution in [1.29, 1.82) is 0 Å². The largest absolute Gasteiger partial charge is 0.314 e. The molecular weight excluding hydrogens is 116 g/mol. The van der Waals surface area contributed by atoms with E-state index >= 15 is 0 Å². The van der Waals surface area contributed by atoms with E-state index in [1.807, 2.05) is 0 Å². The molecule has 0 bridgehead atoms. The van der Waals surface area contributed by atoms with Gasteiger partial charge in [0, 0.05) is 26.2 Å². The number of piperazine rings is 1. The van der Waals surface area contributed by atoms with Crippen LogP contribution in [0.2, 0.25) is 0 Å². The molecule has 0 aromatic heterocycles. The standard InChI is InChI=1S/C6H14N2O/c1-2-7-3-5-8(9)6-4-7/h9H,2-6H2,1H3. The minimum atomic E-state index is 0.799. The van der Waals surface area contributed by atoms with E-state index in [2.05, 4.69) is 11.8 Å². The van der Waals surface area contributed by atoms with Gasteiger partial charge in [0.1, 0.15) is 0 Å². The summed E-state index contributed by atoms with van der Waals surface area (Å²) in [6.45, 7) is 6.86. The maximum Gasteiger partial charge on any atom is 0.0366 e. The molecule has 0 aromatic carbocycles. The second-order valence-corrected chi connectivity index (χ2v) is 2.39. The summed E-state index contributed by atoms with van der Waals surface area (Å²) in [5.41, 5.74) is 0. The van der Waals surface area contributed by atoms with Crippen molar-refractivity contribution in [2.75, 3.05) is 32.7 Å². The molecule has 0 radical (unpaired) electrons. The Bertz CT molecular complexity index is 79.1. The van der Waals surface area contributed by atoms with Crippen LogP contribution in [0.1, 0.15) is 6.92 Å². The number of hydroxylamine groups is 2. The normalized spacial score (nSPS) is 24.7. The summed E-state index contributed by atoms with van der Waals surface area (Å²) in [7, 11) is 0. The van der Waals surface area contributed by atoms with Gasteiger partial charge < -0.3 is 10.1 Å². The summed E-state index contributed by atoms with van der Waals surface area (Å²) in [6.07, 6.45) is 0. The number of rotatable bonds is 1. The van der Waals surface area contributed by atoms with Gasteiger partial charge in [-0.05, 0) is 6.54 Å². The van der Waals surface area contributed by atoms with E-state index in [0.29, 0.717) is 0 Å². The van der Waals surface area contributed by atoms with Crippen molar-refractivity contribution in [2.45, 2.75) is 6.92 Å². The predicted molar refractivity (Wildman–Crippen MR) is 35.5 cm³/mol. The molecular formula is C6H14N2O. The first-order chi connectivity index (χ1) is 4.33. The fourth-order valence-electron chi connectivity index (χ4n) is 1.05. The van der Waals surface area contributed by atoms with Gasteiger partial charge in [0.25, 0.3) is 0 Å². The zero-order chi connectivity index (χ0) is 6.69. The van der Waals surface area contributed by atoms with Crippen LogP contribution in [-0.2, 0) is 0 Å². The summed E-state index contributed by atoms with van der Waals surface area (Å²) in [5.74, 6) is 0. The molecule has 0 aromatic rings. The van der Waals surface area contributed by atoms with Gasteiger partial charge in [-0.25, -0.2) is 0 Å². The highest BCUT2D eigenvalue weighted by molar-refractivity contribution is 4.64. The topological polar surface area (TPSA) is 26.7 Å². The van der Waals surface area contributed by atoms with Crippen molar-refractivity contribution < 1.29 is 5.21 Å². The maximum absolute atomic E-state index is 8.93. The molecule has 3 nitrogen and oxygen atoms in total. The monoisotopic (exact) mass is 130 g/mol. The predicted octanol–water partition coefficient (Wildman–Crippen LogP) is 0.0131. The Morgan fingerprint density at radius 3 is 2.22 bits per heavy atom. The van der Waals surface area contributed by atoms with E-state index in [0.717, 1.165) is 32.7 Å². The van der Waals surface area contributed by atoms with E-state index in [1.165, 1.54) is 5.06 Å². The number of hydrogen-bond acceptors (Lipinski definition) is 3. The van der Waals surface area contributed by atoms with Crippen LogP contribution in [0.4, 0.5) is 0 Å². The average molecular weight is 130 g/mol. The van der Waals surface area contributed by atoms with Crippen molar-refractivity contribution in [3.05, 3.63) is 0 Å². The molecule has 1 N–H and O–H groups in total. The minimum Gasteiger partial charge on any atom is -0.314 e. The summed E-state index contributed by atoms with van der Waals surface area (Å²) in [6, 6.07) is 0. The number of likely N-dealkylation sites (N-methyl/N-ethyl adjacent to an activating group) is 1. The van der Waals surface area contributed by atoms with Gasteiger partial charge in [-0.2, -0.15) is 5.06 Å². The second kappa shape index (κ2) is 3.15. The van der Waals surface area contributed by atoms with Crippen LogP contribution in [0.3, 0.4) is 0 Å². The van der Waals surface area contributed by atoms with Crippen LogP contribution in [0.25, 0.3) is 0 Å². The third-order valence-corrected chi connectivity index (χ3v) is 1.80. The third kappa shape index (κ3) is 1.93. The van der Waals surface area contributed by atoms with Crippen LogP contribution >= 0.6 is 0 Å². The summed E-state index contributed by atoms with van der Waals surface area (Å²) in [5, 5.41) is 10.3. The zero-order valence-electron chi connectivity index (χ0n) is 5.88. The van der Waals surface area contributed by atoms with Crippen molar-refractivity contribution in [3.63, 3.8) is 0 Å². The highest BCUT2D eigenvalue weighted by Gasteiger charge is 2.11. The smallest absolute Gasteiger partial charge is 0.0366 e. The molecule has 0 aliphatic carbocycles. The highest BCUT2D eigenvalue weighted by Crippen LogP contribution is 1.96. The Hall–Kier alpha value is -0.120. The second-order valence-electron chi connectivity index (χ2n) is 2.39. The zero-order valence-corrected chi connectivity index (χ0v) is 5.88. The minimum absolute atomic E-state index is 0.799.